The van der Waals surface area contributed by atoms with Gasteiger partial charge in [0.05, 0.1) is 0 Å². The molecule has 90 valence electrons. The first-order valence-electron chi connectivity index (χ1n) is 4.40. The molecule has 0 amide bonds. The quantitative estimate of drug-likeness (QED) is 0.775. The van der Waals surface area contributed by atoms with Crippen molar-refractivity contribution in [2.75, 3.05) is 11.5 Å². The van der Waals surface area contributed by atoms with Gasteiger partial charge >= 0.3 is 6.18 Å². The van der Waals surface area contributed by atoms with Crippen LogP contribution >= 0.6 is 0 Å². The van der Waals surface area contributed by atoms with Crippen LogP contribution in [0, 0.1) is 0 Å². The zero-order valence-corrected chi connectivity index (χ0v) is 8.31. The third kappa shape index (κ3) is 2.12. The fourth-order valence-electron chi connectivity index (χ4n) is 1.21. The molecule has 17 heavy (non-hydrogen) atoms. The van der Waals surface area contributed by atoms with Gasteiger partial charge in [-0.25, -0.2) is 4.98 Å². The fraction of sp³-hybridized carbons (Fsp3) is 0.125. The molecule has 0 bridgehead atoms. The zero-order valence-electron chi connectivity index (χ0n) is 8.31. The number of alkyl halides is 3. The Morgan fingerprint density at radius 2 is 1.82 bits per heavy atom. The van der Waals surface area contributed by atoms with Crippen molar-refractivity contribution in [3.8, 4) is 5.82 Å². The van der Waals surface area contributed by atoms with Crippen molar-refractivity contribution in [2.45, 2.75) is 6.18 Å². The molecule has 0 atom stereocenters. The van der Waals surface area contributed by atoms with Crippen molar-refractivity contribution in [2.24, 2.45) is 0 Å². The van der Waals surface area contributed by atoms with Crippen molar-refractivity contribution in [3.05, 3.63) is 23.9 Å². The number of pyridine rings is 1. The molecule has 4 N–H and O–H groups in total. The molecule has 0 spiro atoms. The van der Waals surface area contributed by atoms with Crippen LogP contribution in [0.15, 0.2) is 18.2 Å². The minimum Gasteiger partial charge on any atom is -0.368 e. The van der Waals surface area contributed by atoms with Gasteiger partial charge in [-0.3, -0.25) is 0 Å². The lowest BCUT2D eigenvalue weighted by atomic mass is 10.3. The normalized spacial score (nSPS) is 11.7. The highest BCUT2D eigenvalue weighted by Crippen LogP contribution is 2.28. The van der Waals surface area contributed by atoms with Gasteiger partial charge in [0.2, 0.25) is 11.9 Å². The predicted octanol–water partition coefficient (Wildman–Crippen LogP) is 0.845. The lowest BCUT2D eigenvalue weighted by molar-refractivity contribution is -0.141. The summed E-state index contributed by atoms with van der Waals surface area (Å²) < 4.78 is 38.2. The largest absolute Gasteiger partial charge is 0.433 e. The minimum absolute atomic E-state index is 0.0958. The van der Waals surface area contributed by atoms with Crippen LogP contribution in [0.3, 0.4) is 0 Å². The van der Waals surface area contributed by atoms with Crippen LogP contribution in [0.1, 0.15) is 5.69 Å². The lowest BCUT2D eigenvalue weighted by Crippen LogP contribution is -2.11. The number of hydrogen-bond acceptors (Lipinski definition) is 5. The van der Waals surface area contributed by atoms with E-state index >= 15 is 0 Å². The van der Waals surface area contributed by atoms with E-state index in [-0.39, 0.29) is 17.7 Å². The predicted molar refractivity (Wildman–Crippen MR) is 53.0 cm³/mol. The van der Waals surface area contributed by atoms with E-state index in [2.05, 4.69) is 15.1 Å². The summed E-state index contributed by atoms with van der Waals surface area (Å²) in [6.07, 6.45) is -4.53. The molecule has 2 aromatic heterocycles. The Balaban J connectivity index is 2.50. The third-order valence-corrected chi connectivity index (χ3v) is 1.89. The van der Waals surface area contributed by atoms with Gasteiger partial charge in [0.15, 0.2) is 5.82 Å². The van der Waals surface area contributed by atoms with Crippen LogP contribution in [0.4, 0.5) is 25.1 Å². The molecule has 0 saturated heterocycles. The molecule has 2 rings (SSSR count). The Hall–Kier alpha value is -2.32. The zero-order chi connectivity index (χ0) is 12.6. The first kappa shape index (κ1) is 11.2. The first-order valence-corrected chi connectivity index (χ1v) is 4.40. The van der Waals surface area contributed by atoms with Crippen LogP contribution in [0.2, 0.25) is 0 Å². The van der Waals surface area contributed by atoms with Gasteiger partial charge in [-0.2, -0.15) is 22.8 Å². The van der Waals surface area contributed by atoms with E-state index in [0.717, 1.165) is 10.7 Å². The Kier molecular flexibility index (Phi) is 2.37. The Labute approximate surface area is 93.1 Å². The lowest BCUT2D eigenvalue weighted by Gasteiger charge is -2.07. The number of aromatic nitrogens is 4. The second-order valence-electron chi connectivity index (χ2n) is 3.12. The summed E-state index contributed by atoms with van der Waals surface area (Å²) in [5.41, 5.74) is 9.65. The maximum Gasteiger partial charge on any atom is 0.433 e. The number of nitrogen functional groups attached to an aromatic ring is 2. The molecule has 0 aromatic carbocycles. The van der Waals surface area contributed by atoms with E-state index in [9.17, 15) is 13.2 Å². The van der Waals surface area contributed by atoms with E-state index in [4.69, 9.17) is 11.5 Å². The first-order chi connectivity index (χ1) is 7.88. The SMILES string of the molecule is Nc1nc(N)n(-c2cccc(C(F)(F)F)n2)n1. The van der Waals surface area contributed by atoms with Crippen LogP contribution in [-0.4, -0.2) is 19.7 Å². The van der Waals surface area contributed by atoms with Crippen LogP contribution in [0.5, 0.6) is 0 Å². The topological polar surface area (TPSA) is 95.6 Å². The van der Waals surface area contributed by atoms with Crippen LogP contribution < -0.4 is 11.5 Å². The van der Waals surface area contributed by atoms with E-state index < -0.39 is 11.9 Å². The standard InChI is InChI=1S/C8H7F3N6/c9-8(10,11)4-2-1-3-5(14-4)17-7(13)15-6(12)16-17/h1-3H,(H4,12,13,15,16). The van der Waals surface area contributed by atoms with Gasteiger partial charge in [0.1, 0.15) is 5.69 Å². The van der Waals surface area contributed by atoms with Crippen LogP contribution in [0.25, 0.3) is 5.82 Å². The molecule has 0 radical (unpaired) electrons. The average Bonchev–Trinajstić information content (AvgIpc) is 2.57. The fourth-order valence-corrected chi connectivity index (χ4v) is 1.21. The third-order valence-electron chi connectivity index (χ3n) is 1.89. The number of nitrogens with zero attached hydrogens (tertiary/aromatic N) is 4. The summed E-state index contributed by atoms with van der Waals surface area (Å²) in [4.78, 5) is 6.95. The number of hydrogen-bond donors (Lipinski definition) is 2. The van der Waals surface area contributed by atoms with Gasteiger partial charge in [0.25, 0.3) is 0 Å². The molecule has 6 nitrogen and oxygen atoms in total. The van der Waals surface area contributed by atoms with Gasteiger partial charge in [-0.1, -0.05) is 6.07 Å². The Morgan fingerprint density at radius 3 is 2.35 bits per heavy atom. The number of rotatable bonds is 1. The molecule has 0 saturated carbocycles. The summed E-state index contributed by atoms with van der Waals surface area (Å²) >= 11 is 0. The molecule has 9 heteroatoms. The second kappa shape index (κ2) is 3.61. The molecule has 0 fully saturated rings. The average molecular weight is 244 g/mol. The highest BCUT2D eigenvalue weighted by atomic mass is 19.4. The highest BCUT2D eigenvalue weighted by molar-refractivity contribution is 5.36. The molecule has 0 aliphatic rings. The van der Waals surface area contributed by atoms with E-state index in [0.29, 0.717) is 0 Å². The van der Waals surface area contributed by atoms with Crippen LogP contribution in [-0.2, 0) is 6.18 Å². The van der Waals surface area contributed by atoms with Crippen molar-refractivity contribution < 1.29 is 13.2 Å². The number of halogens is 3. The van der Waals surface area contributed by atoms with Gasteiger partial charge in [-0.15, -0.1) is 5.10 Å². The van der Waals surface area contributed by atoms with Crippen molar-refractivity contribution >= 4 is 11.9 Å². The second-order valence-corrected chi connectivity index (χ2v) is 3.12. The number of anilines is 2. The summed E-state index contributed by atoms with van der Waals surface area (Å²) in [7, 11) is 0. The van der Waals surface area contributed by atoms with Gasteiger partial charge in [-0.05, 0) is 12.1 Å². The maximum absolute atomic E-state index is 12.4. The molecular weight excluding hydrogens is 237 g/mol. The van der Waals surface area contributed by atoms with Gasteiger partial charge in [0, 0.05) is 0 Å². The highest BCUT2D eigenvalue weighted by Gasteiger charge is 2.32. The molecule has 2 aromatic rings. The summed E-state index contributed by atoms with van der Waals surface area (Å²) in [6.45, 7) is 0. The minimum atomic E-state index is -4.53. The summed E-state index contributed by atoms with van der Waals surface area (Å²) in [6, 6.07) is 3.36. The van der Waals surface area contributed by atoms with E-state index in [1.807, 2.05) is 0 Å². The van der Waals surface area contributed by atoms with Crippen molar-refractivity contribution in [3.63, 3.8) is 0 Å². The smallest absolute Gasteiger partial charge is 0.368 e. The molecule has 0 aliphatic carbocycles. The van der Waals surface area contributed by atoms with E-state index in [1.165, 1.54) is 12.1 Å². The molecular formula is C8H7F3N6. The molecule has 0 aliphatic heterocycles. The van der Waals surface area contributed by atoms with Crippen molar-refractivity contribution in [1.82, 2.24) is 19.7 Å². The number of nitrogens with two attached hydrogens (primary N) is 2. The molecule has 2 heterocycles. The van der Waals surface area contributed by atoms with E-state index in [1.54, 1.807) is 0 Å². The molecule has 0 unspecified atom stereocenters. The summed E-state index contributed by atoms with van der Waals surface area (Å²) in [5.74, 6) is -0.363. The van der Waals surface area contributed by atoms with Gasteiger partial charge < -0.3 is 11.5 Å². The monoisotopic (exact) mass is 244 g/mol. The van der Waals surface area contributed by atoms with Crippen molar-refractivity contribution in [1.29, 1.82) is 0 Å². The Morgan fingerprint density at radius 1 is 1.12 bits per heavy atom. The Bertz CT molecular complexity index is 546. The maximum atomic E-state index is 12.4. The summed E-state index contributed by atoms with van der Waals surface area (Å²) in [5, 5.41) is 3.63.